The Kier molecular flexibility index (Phi) is 3.08. The van der Waals surface area contributed by atoms with Crippen LogP contribution in [0.2, 0.25) is 0 Å². The van der Waals surface area contributed by atoms with E-state index in [2.05, 4.69) is 20.5 Å². The summed E-state index contributed by atoms with van der Waals surface area (Å²) >= 11 is 0. The SMILES string of the molecule is O=C(NCc1nnc2ccccn12)c1ccnc(F)c1. The number of hydrogen-bond donors (Lipinski definition) is 1. The van der Waals surface area contributed by atoms with Crippen molar-refractivity contribution in [3.05, 3.63) is 60.1 Å². The second-order valence-electron chi connectivity index (χ2n) is 4.09. The summed E-state index contributed by atoms with van der Waals surface area (Å²) in [5.41, 5.74) is 0.915. The minimum Gasteiger partial charge on any atom is -0.345 e. The molecule has 7 heteroatoms. The van der Waals surface area contributed by atoms with Gasteiger partial charge in [-0.1, -0.05) is 6.07 Å². The van der Waals surface area contributed by atoms with Gasteiger partial charge in [-0.3, -0.25) is 9.20 Å². The van der Waals surface area contributed by atoms with Crippen molar-refractivity contribution < 1.29 is 9.18 Å². The van der Waals surface area contributed by atoms with Gasteiger partial charge in [0.05, 0.1) is 6.54 Å². The van der Waals surface area contributed by atoms with Gasteiger partial charge < -0.3 is 5.32 Å². The molecule has 3 rings (SSSR count). The molecular formula is C13H10FN5O. The van der Waals surface area contributed by atoms with Crippen molar-refractivity contribution in [3.8, 4) is 0 Å². The third kappa shape index (κ3) is 2.33. The van der Waals surface area contributed by atoms with Crippen molar-refractivity contribution in [3.63, 3.8) is 0 Å². The lowest BCUT2D eigenvalue weighted by atomic mass is 10.2. The van der Waals surface area contributed by atoms with Crippen LogP contribution in [0.15, 0.2) is 42.7 Å². The molecule has 0 aliphatic rings. The third-order valence-electron chi connectivity index (χ3n) is 2.78. The molecule has 3 aromatic heterocycles. The molecule has 0 aliphatic carbocycles. The van der Waals surface area contributed by atoms with E-state index in [1.807, 2.05) is 24.4 Å². The first-order valence-electron chi connectivity index (χ1n) is 5.92. The fourth-order valence-corrected chi connectivity index (χ4v) is 1.82. The van der Waals surface area contributed by atoms with E-state index >= 15 is 0 Å². The summed E-state index contributed by atoms with van der Waals surface area (Å²) in [6.07, 6.45) is 3.06. The van der Waals surface area contributed by atoms with Gasteiger partial charge in [-0.2, -0.15) is 4.39 Å². The van der Waals surface area contributed by atoms with E-state index in [-0.39, 0.29) is 18.0 Å². The van der Waals surface area contributed by atoms with Crippen LogP contribution in [0.3, 0.4) is 0 Å². The molecule has 1 N–H and O–H groups in total. The maximum absolute atomic E-state index is 12.9. The van der Waals surface area contributed by atoms with Gasteiger partial charge in [-0.15, -0.1) is 10.2 Å². The molecule has 0 bridgehead atoms. The van der Waals surface area contributed by atoms with Crippen molar-refractivity contribution in [1.29, 1.82) is 0 Å². The van der Waals surface area contributed by atoms with Crippen LogP contribution in [0, 0.1) is 5.95 Å². The van der Waals surface area contributed by atoms with E-state index in [1.165, 1.54) is 12.3 Å². The summed E-state index contributed by atoms with van der Waals surface area (Å²) in [4.78, 5) is 15.3. The molecule has 0 atom stereocenters. The molecule has 6 nitrogen and oxygen atoms in total. The lowest BCUT2D eigenvalue weighted by Gasteiger charge is -2.04. The predicted molar refractivity (Wildman–Crippen MR) is 68.4 cm³/mol. The first-order valence-corrected chi connectivity index (χ1v) is 5.92. The molecule has 1 amide bonds. The largest absolute Gasteiger partial charge is 0.345 e. The number of fused-ring (bicyclic) bond motifs is 1. The average Bonchev–Trinajstić information content (AvgIpc) is 2.88. The van der Waals surface area contributed by atoms with E-state index in [9.17, 15) is 9.18 Å². The number of nitrogens with zero attached hydrogens (tertiary/aromatic N) is 4. The van der Waals surface area contributed by atoms with Gasteiger partial charge in [-0.05, 0) is 18.2 Å². The number of aromatic nitrogens is 4. The van der Waals surface area contributed by atoms with E-state index in [0.717, 1.165) is 6.07 Å². The molecule has 0 saturated carbocycles. The van der Waals surface area contributed by atoms with Crippen LogP contribution in [-0.4, -0.2) is 25.5 Å². The Bertz CT molecular complexity index is 770. The zero-order valence-electron chi connectivity index (χ0n) is 10.3. The summed E-state index contributed by atoms with van der Waals surface area (Å²) < 4.78 is 14.7. The Morgan fingerprint density at radius 2 is 2.20 bits per heavy atom. The van der Waals surface area contributed by atoms with E-state index in [0.29, 0.717) is 11.5 Å². The number of nitrogens with one attached hydrogen (secondary N) is 1. The van der Waals surface area contributed by atoms with Crippen LogP contribution in [0.25, 0.3) is 5.65 Å². The van der Waals surface area contributed by atoms with Gasteiger partial charge in [0.2, 0.25) is 5.95 Å². The van der Waals surface area contributed by atoms with Crippen molar-refractivity contribution in [1.82, 2.24) is 24.9 Å². The molecule has 0 unspecified atom stereocenters. The predicted octanol–water partition coefficient (Wildman–Crippen LogP) is 1.19. The summed E-state index contributed by atoms with van der Waals surface area (Å²) in [5.74, 6) is -0.479. The molecule has 0 aliphatic heterocycles. The fourth-order valence-electron chi connectivity index (χ4n) is 1.82. The van der Waals surface area contributed by atoms with Gasteiger partial charge in [0.1, 0.15) is 0 Å². The van der Waals surface area contributed by atoms with E-state index in [1.54, 1.807) is 4.40 Å². The molecule has 0 fully saturated rings. The number of carbonyl (C=O) groups is 1. The zero-order valence-corrected chi connectivity index (χ0v) is 10.3. The molecule has 3 aromatic rings. The lowest BCUT2D eigenvalue weighted by Crippen LogP contribution is -2.24. The number of carbonyl (C=O) groups excluding carboxylic acids is 1. The summed E-state index contributed by atoms with van der Waals surface area (Å²) in [6, 6.07) is 8.04. The number of pyridine rings is 2. The Morgan fingerprint density at radius 3 is 3.05 bits per heavy atom. The Hall–Kier alpha value is -2.83. The highest BCUT2D eigenvalue weighted by Crippen LogP contribution is 2.04. The van der Waals surface area contributed by atoms with Gasteiger partial charge in [-0.25, -0.2) is 4.98 Å². The van der Waals surface area contributed by atoms with E-state index < -0.39 is 5.95 Å². The van der Waals surface area contributed by atoms with Crippen LogP contribution in [-0.2, 0) is 6.54 Å². The summed E-state index contributed by atoms with van der Waals surface area (Å²) in [6.45, 7) is 0.202. The van der Waals surface area contributed by atoms with Crippen LogP contribution in [0.1, 0.15) is 16.2 Å². The zero-order chi connectivity index (χ0) is 13.9. The molecule has 0 spiro atoms. The van der Waals surface area contributed by atoms with Crippen LogP contribution < -0.4 is 5.32 Å². The summed E-state index contributed by atoms with van der Waals surface area (Å²) in [7, 11) is 0. The van der Waals surface area contributed by atoms with Crippen LogP contribution >= 0.6 is 0 Å². The second kappa shape index (κ2) is 5.04. The van der Waals surface area contributed by atoms with Crippen molar-refractivity contribution in [2.75, 3.05) is 0 Å². The second-order valence-corrected chi connectivity index (χ2v) is 4.09. The number of halogens is 1. The monoisotopic (exact) mass is 271 g/mol. The lowest BCUT2D eigenvalue weighted by molar-refractivity contribution is 0.0949. The number of hydrogen-bond acceptors (Lipinski definition) is 4. The molecule has 0 aromatic carbocycles. The van der Waals surface area contributed by atoms with Gasteiger partial charge in [0, 0.05) is 24.0 Å². The van der Waals surface area contributed by atoms with Crippen molar-refractivity contribution in [2.45, 2.75) is 6.54 Å². The normalized spacial score (nSPS) is 10.7. The topological polar surface area (TPSA) is 72.2 Å². The summed E-state index contributed by atoms with van der Waals surface area (Å²) in [5, 5.41) is 10.6. The number of amides is 1. The van der Waals surface area contributed by atoms with Crippen molar-refractivity contribution in [2.24, 2.45) is 0 Å². The molecule has 100 valence electrons. The highest BCUT2D eigenvalue weighted by molar-refractivity contribution is 5.93. The average molecular weight is 271 g/mol. The smallest absolute Gasteiger partial charge is 0.251 e. The minimum absolute atomic E-state index is 0.202. The van der Waals surface area contributed by atoms with Crippen LogP contribution in [0.4, 0.5) is 4.39 Å². The van der Waals surface area contributed by atoms with Gasteiger partial charge in [0.25, 0.3) is 5.91 Å². The number of rotatable bonds is 3. The first-order chi connectivity index (χ1) is 9.74. The highest BCUT2D eigenvalue weighted by Gasteiger charge is 2.09. The Labute approximate surface area is 113 Å². The maximum atomic E-state index is 12.9. The maximum Gasteiger partial charge on any atom is 0.251 e. The van der Waals surface area contributed by atoms with E-state index in [4.69, 9.17) is 0 Å². The van der Waals surface area contributed by atoms with Gasteiger partial charge >= 0.3 is 0 Å². The highest BCUT2D eigenvalue weighted by atomic mass is 19.1. The fraction of sp³-hybridized carbons (Fsp3) is 0.0769. The van der Waals surface area contributed by atoms with Gasteiger partial charge in [0.15, 0.2) is 11.5 Å². The minimum atomic E-state index is -0.689. The molecule has 0 saturated heterocycles. The Balaban J connectivity index is 1.75. The van der Waals surface area contributed by atoms with Crippen molar-refractivity contribution >= 4 is 11.6 Å². The first kappa shape index (κ1) is 12.2. The Morgan fingerprint density at radius 1 is 1.30 bits per heavy atom. The third-order valence-corrected chi connectivity index (χ3v) is 2.78. The standard InChI is InChI=1S/C13H10FN5O/c14-10-7-9(4-5-15-10)13(20)16-8-12-18-17-11-3-1-2-6-19(11)12/h1-7H,8H2,(H,16,20). The van der Waals surface area contributed by atoms with Crippen LogP contribution in [0.5, 0.6) is 0 Å². The molecule has 0 radical (unpaired) electrons. The quantitative estimate of drug-likeness (QED) is 0.726. The molecular weight excluding hydrogens is 261 g/mol. The molecule has 3 heterocycles. The molecule has 20 heavy (non-hydrogen) atoms.